The van der Waals surface area contributed by atoms with Gasteiger partial charge in [0, 0.05) is 24.4 Å². The first-order chi connectivity index (χ1) is 14.5. The molecular formula is C23H20F3NO2S. The van der Waals surface area contributed by atoms with Gasteiger partial charge in [-0.25, -0.2) is 0 Å². The minimum absolute atomic E-state index is 0.00411. The summed E-state index contributed by atoms with van der Waals surface area (Å²) < 4.78 is 47.2. The Kier molecular flexibility index (Phi) is 4.95. The van der Waals surface area contributed by atoms with Crippen LogP contribution in [0.2, 0.25) is 0 Å². The standard InChI is InChI=1S/C23H20F3NO2S/c24-23(25,26)29-18-4-2-16(3-5-18)22-19-9-12-30-21(19)7-10-27(22)14-15-1-6-20-17(13-15)8-11-28-20/h1-6,9,12-13,22H,7-8,10-11,14H2/t22-/m1/s1. The highest BCUT2D eigenvalue weighted by molar-refractivity contribution is 7.10. The molecule has 0 amide bonds. The molecule has 2 aromatic carbocycles. The van der Waals surface area contributed by atoms with Crippen molar-refractivity contribution in [2.45, 2.75) is 31.8 Å². The Morgan fingerprint density at radius 3 is 2.70 bits per heavy atom. The lowest BCUT2D eigenvalue weighted by molar-refractivity contribution is -0.274. The van der Waals surface area contributed by atoms with Crippen LogP contribution >= 0.6 is 11.3 Å². The minimum atomic E-state index is -4.68. The molecule has 0 spiro atoms. The summed E-state index contributed by atoms with van der Waals surface area (Å²) in [4.78, 5) is 3.74. The van der Waals surface area contributed by atoms with Crippen molar-refractivity contribution in [3.63, 3.8) is 0 Å². The van der Waals surface area contributed by atoms with Gasteiger partial charge in [-0.1, -0.05) is 24.3 Å². The van der Waals surface area contributed by atoms with Gasteiger partial charge in [0.05, 0.1) is 12.6 Å². The van der Waals surface area contributed by atoms with Gasteiger partial charge in [0.25, 0.3) is 0 Å². The molecule has 2 aliphatic heterocycles. The summed E-state index contributed by atoms with van der Waals surface area (Å²) in [6.45, 7) is 2.40. The zero-order valence-corrected chi connectivity index (χ0v) is 16.9. The summed E-state index contributed by atoms with van der Waals surface area (Å²) >= 11 is 1.74. The molecule has 0 saturated heterocycles. The Balaban J connectivity index is 1.44. The molecule has 30 heavy (non-hydrogen) atoms. The van der Waals surface area contributed by atoms with E-state index in [-0.39, 0.29) is 11.8 Å². The van der Waals surface area contributed by atoms with Crippen LogP contribution in [0.3, 0.4) is 0 Å². The number of thiophene rings is 1. The zero-order chi connectivity index (χ0) is 20.7. The second-order valence-corrected chi connectivity index (χ2v) is 8.58. The summed E-state index contributed by atoms with van der Waals surface area (Å²) in [7, 11) is 0. The maximum Gasteiger partial charge on any atom is 0.573 e. The first kappa shape index (κ1) is 19.5. The van der Waals surface area contributed by atoms with E-state index in [1.807, 2.05) is 6.07 Å². The molecule has 0 aliphatic carbocycles. The van der Waals surface area contributed by atoms with E-state index in [0.29, 0.717) is 0 Å². The molecule has 0 bridgehead atoms. The van der Waals surface area contributed by atoms with E-state index in [1.54, 1.807) is 23.5 Å². The highest BCUT2D eigenvalue weighted by Crippen LogP contribution is 2.39. The maximum absolute atomic E-state index is 12.5. The van der Waals surface area contributed by atoms with E-state index in [2.05, 4.69) is 33.2 Å². The van der Waals surface area contributed by atoms with Crippen molar-refractivity contribution < 1.29 is 22.6 Å². The average molecular weight is 431 g/mol. The number of nitrogens with zero attached hydrogens (tertiary/aromatic N) is 1. The molecule has 0 unspecified atom stereocenters. The van der Waals surface area contributed by atoms with Crippen molar-refractivity contribution in [1.82, 2.24) is 4.90 Å². The Hall–Kier alpha value is -2.51. The fourth-order valence-electron chi connectivity index (χ4n) is 4.35. The summed E-state index contributed by atoms with van der Waals surface area (Å²) in [6, 6.07) is 14.8. The molecule has 3 heterocycles. The van der Waals surface area contributed by atoms with Crippen LogP contribution in [-0.2, 0) is 19.4 Å². The SMILES string of the molecule is FC(F)(F)Oc1ccc([C@@H]2c3ccsc3CCN2Cc2ccc3c(c2)CCO3)cc1. The lowest BCUT2D eigenvalue weighted by Gasteiger charge is -2.36. The van der Waals surface area contributed by atoms with Gasteiger partial charge in [0.15, 0.2) is 0 Å². The van der Waals surface area contributed by atoms with Crippen LogP contribution in [0.25, 0.3) is 0 Å². The number of alkyl halides is 3. The van der Waals surface area contributed by atoms with E-state index < -0.39 is 6.36 Å². The monoisotopic (exact) mass is 431 g/mol. The predicted molar refractivity (Wildman–Crippen MR) is 109 cm³/mol. The fraction of sp³-hybridized carbons (Fsp3) is 0.304. The summed E-state index contributed by atoms with van der Waals surface area (Å²) in [5.74, 6) is 0.770. The number of benzene rings is 2. The fourth-order valence-corrected chi connectivity index (χ4v) is 5.26. The van der Waals surface area contributed by atoms with E-state index in [9.17, 15) is 13.2 Å². The van der Waals surface area contributed by atoms with Crippen molar-refractivity contribution >= 4 is 11.3 Å². The van der Waals surface area contributed by atoms with Crippen LogP contribution < -0.4 is 9.47 Å². The number of hydrogen-bond acceptors (Lipinski definition) is 4. The second-order valence-electron chi connectivity index (χ2n) is 7.58. The van der Waals surface area contributed by atoms with Crippen LogP contribution in [0, 0.1) is 0 Å². The van der Waals surface area contributed by atoms with E-state index in [1.165, 1.54) is 33.7 Å². The smallest absolute Gasteiger partial charge is 0.493 e. The normalized spacial score (nSPS) is 18.6. The van der Waals surface area contributed by atoms with Gasteiger partial charge >= 0.3 is 6.36 Å². The van der Waals surface area contributed by atoms with Crippen molar-refractivity contribution in [1.29, 1.82) is 0 Å². The molecule has 2 aliphatic rings. The Bertz CT molecular complexity index is 1050. The summed E-state index contributed by atoms with van der Waals surface area (Å²) in [5.41, 5.74) is 4.67. The quantitative estimate of drug-likeness (QED) is 0.527. The van der Waals surface area contributed by atoms with Crippen molar-refractivity contribution in [3.05, 3.63) is 81.0 Å². The number of fused-ring (bicyclic) bond motifs is 2. The lowest BCUT2D eigenvalue weighted by Crippen LogP contribution is -2.35. The van der Waals surface area contributed by atoms with E-state index >= 15 is 0 Å². The zero-order valence-electron chi connectivity index (χ0n) is 16.1. The van der Waals surface area contributed by atoms with Gasteiger partial charge in [0.1, 0.15) is 11.5 Å². The van der Waals surface area contributed by atoms with Crippen LogP contribution in [0.1, 0.15) is 33.2 Å². The van der Waals surface area contributed by atoms with Gasteiger partial charge < -0.3 is 9.47 Å². The molecule has 0 saturated carbocycles. The average Bonchev–Trinajstić information content (AvgIpc) is 3.36. The highest BCUT2D eigenvalue weighted by atomic mass is 32.1. The number of hydrogen-bond donors (Lipinski definition) is 0. The molecule has 7 heteroatoms. The molecule has 0 N–H and O–H groups in total. The summed E-state index contributed by atoms with van der Waals surface area (Å²) in [6.07, 6.45) is -2.77. The Labute approximate surface area is 176 Å². The number of rotatable bonds is 4. The minimum Gasteiger partial charge on any atom is -0.493 e. The van der Waals surface area contributed by atoms with Gasteiger partial charge in [-0.2, -0.15) is 0 Å². The molecule has 3 aromatic rings. The molecule has 0 radical (unpaired) electrons. The predicted octanol–water partition coefficient (Wildman–Crippen LogP) is 5.73. The second kappa shape index (κ2) is 7.63. The third-order valence-corrected chi connectivity index (χ3v) is 6.63. The summed E-state index contributed by atoms with van der Waals surface area (Å²) in [5, 5.41) is 2.09. The molecule has 156 valence electrons. The lowest BCUT2D eigenvalue weighted by atomic mass is 9.92. The van der Waals surface area contributed by atoms with Crippen LogP contribution in [0.5, 0.6) is 11.5 Å². The molecular weight excluding hydrogens is 411 g/mol. The largest absolute Gasteiger partial charge is 0.573 e. The molecule has 3 nitrogen and oxygen atoms in total. The van der Waals surface area contributed by atoms with Gasteiger partial charge in [0.2, 0.25) is 0 Å². The Morgan fingerprint density at radius 2 is 1.90 bits per heavy atom. The topological polar surface area (TPSA) is 21.7 Å². The molecule has 5 rings (SSSR count). The van der Waals surface area contributed by atoms with Crippen molar-refractivity contribution in [3.8, 4) is 11.5 Å². The number of ether oxygens (including phenoxy) is 2. The Morgan fingerprint density at radius 1 is 1.07 bits per heavy atom. The molecule has 1 atom stereocenters. The van der Waals surface area contributed by atoms with E-state index in [4.69, 9.17) is 4.74 Å². The van der Waals surface area contributed by atoms with Gasteiger partial charge in [-0.15, -0.1) is 24.5 Å². The third kappa shape index (κ3) is 3.91. The van der Waals surface area contributed by atoms with Gasteiger partial charge in [-0.05, 0) is 58.3 Å². The highest BCUT2D eigenvalue weighted by Gasteiger charge is 2.32. The first-order valence-corrected chi connectivity index (χ1v) is 10.7. The first-order valence-electron chi connectivity index (χ1n) is 9.87. The van der Waals surface area contributed by atoms with Crippen molar-refractivity contribution in [2.75, 3.05) is 13.2 Å². The van der Waals surface area contributed by atoms with Crippen molar-refractivity contribution in [2.24, 2.45) is 0 Å². The van der Waals surface area contributed by atoms with E-state index in [0.717, 1.165) is 43.9 Å². The molecule has 0 fully saturated rings. The maximum atomic E-state index is 12.5. The van der Waals surface area contributed by atoms with Gasteiger partial charge in [-0.3, -0.25) is 4.90 Å². The van der Waals surface area contributed by atoms with Crippen LogP contribution in [0.4, 0.5) is 13.2 Å². The molecule has 1 aromatic heterocycles. The van der Waals surface area contributed by atoms with Crippen LogP contribution in [-0.4, -0.2) is 24.4 Å². The van der Waals surface area contributed by atoms with Crippen LogP contribution in [0.15, 0.2) is 53.9 Å². The number of halogens is 3. The third-order valence-electron chi connectivity index (χ3n) is 5.63.